The summed E-state index contributed by atoms with van der Waals surface area (Å²) >= 11 is 0. The van der Waals surface area contributed by atoms with Gasteiger partial charge in [0.1, 0.15) is 11.2 Å². The quantitative estimate of drug-likeness (QED) is 0.142. The fourth-order valence-corrected chi connectivity index (χ4v) is 12.0. The fourth-order valence-electron chi connectivity index (χ4n) is 12.0. The Morgan fingerprint density at radius 2 is 0.571 bits per heavy atom. The minimum Gasteiger partial charge on any atom is -0.456 e. The van der Waals surface area contributed by atoms with E-state index in [0.29, 0.717) is 0 Å². The standard InChI is InChI=1S/C72H44N4O/c1-3-20-58-56(18-1)68(57-19-2-4-21-59(57)69(58)54-36-50(46-14-10-30-73-41-46)34-51(37-54)47-15-11-31-74-42-47)45-28-29-64-67(40-45)77-66-27-9-26-65(72(64)66)71-62-24-7-5-22-60(62)70(61-23-6-8-25-63(61)71)55-38-52(48-16-12-32-75-43-48)35-53(39-55)49-17-13-33-76-44-49/h1-44H. The van der Waals surface area contributed by atoms with Crippen molar-refractivity contribution in [1.82, 2.24) is 19.9 Å². The van der Waals surface area contributed by atoms with Gasteiger partial charge >= 0.3 is 0 Å². The lowest BCUT2D eigenvalue weighted by Crippen LogP contribution is -1.93. The first-order chi connectivity index (χ1) is 38.2. The van der Waals surface area contributed by atoms with Crippen LogP contribution in [0.2, 0.25) is 0 Å². The second-order valence-corrected chi connectivity index (χ2v) is 19.7. The molecule has 358 valence electrons. The van der Waals surface area contributed by atoms with Crippen molar-refractivity contribution in [2.45, 2.75) is 0 Å². The van der Waals surface area contributed by atoms with Crippen molar-refractivity contribution in [3.8, 4) is 89.0 Å². The molecule has 0 aliphatic rings. The molecule has 5 heteroatoms. The Bertz CT molecular complexity index is 4550. The molecule has 0 amide bonds. The smallest absolute Gasteiger partial charge is 0.136 e. The first-order valence-corrected chi connectivity index (χ1v) is 26.0. The average molecular weight is 981 g/mol. The molecule has 5 heterocycles. The fraction of sp³-hybridized carbons (Fsp3) is 0. The van der Waals surface area contributed by atoms with Crippen molar-refractivity contribution in [2.24, 2.45) is 0 Å². The Balaban J connectivity index is 0.922. The van der Waals surface area contributed by atoms with E-state index in [-0.39, 0.29) is 0 Å². The van der Waals surface area contributed by atoms with Crippen LogP contribution in [-0.4, -0.2) is 19.9 Å². The Hall–Kier alpha value is -10.4. The molecular formula is C72H44N4O. The summed E-state index contributed by atoms with van der Waals surface area (Å²) in [6.07, 6.45) is 15.1. The molecule has 10 aromatic carbocycles. The third-order valence-corrected chi connectivity index (χ3v) is 15.3. The lowest BCUT2D eigenvalue weighted by Gasteiger charge is -2.19. The molecule has 0 aliphatic heterocycles. The van der Waals surface area contributed by atoms with Crippen LogP contribution in [0.5, 0.6) is 0 Å². The van der Waals surface area contributed by atoms with Crippen LogP contribution in [0.25, 0.3) is 154 Å². The highest BCUT2D eigenvalue weighted by molar-refractivity contribution is 6.27. The summed E-state index contributed by atoms with van der Waals surface area (Å²) in [6.45, 7) is 0. The Labute approximate surface area is 444 Å². The van der Waals surface area contributed by atoms with Crippen LogP contribution in [0.3, 0.4) is 0 Å². The topological polar surface area (TPSA) is 64.7 Å². The van der Waals surface area contributed by atoms with Crippen LogP contribution in [0.15, 0.2) is 272 Å². The third kappa shape index (κ3) is 7.47. The van der Waals surface area contributed by atoms with E-state index in [2.05, 4.69) is 214 Å². The Morgan fingerprint density at radius 3 is 0.935 bits per heavy atom. The first kappa shape index (κ1) is 44.2. The second kappa shape index (κ2) is 18.2. The highest BCUT2D eigenvalue weighted by Gasteiger charge is 2.23. The second-order valence-electron chi connectivity index (χ2n) is 19.7. The van der Waals surface area contributed by atoms with Crippen LogP contribution in [0.1, 0.15) is 0 Å². The molecule has 15 rings (SSSR count). The monoisotopic (exact) mass is 980 g/mol. The average Bonchev–Trinajstić information content (AvgIpc) is 4.13. The van der Waals surface area contributed by atoms with Crippen LogP contribution in [0, 0.1) is 0 Å². The summed E-state index contributed by atoms with van der Waals surface area (Å²) in [5.74, 6) is 0. The summed E-state index contributed by atoms with van der Waals surface area (Å²) in [5.41, 5.74) is 19.5. The van der Waals surface area contributed by atoms with Gasteiger partial charge in [0.05, 0.1) is 0 Å². The van der Waals surface area contributed by atoms with E-state index in [1.165, 1.54) is 65.3 Å². The van der Waals surface area contributed by atoms with Gasteiger partial charge in [-0.05, 0) is 189 Å². The highest BCUT2D eigenvalue weighted by Crippen LogP contribution is 2.50. The maximum Gasteiger partial charge on any atom is 0.136 e. The number of rotatable bonds is 8. The van der Waals surface area contributed by atoms with Gasteiger partial charge in [-0.1, -0.05) is 140 Å². The summed E-state index contributed by atoms with van der Waals surface area (Å²) in [5, 5.41) is 11.5. The molecule has 5 aromatic heterocycles. The van der Waals surface area contributed by atoms with Gasteiger partial charge in [-0.25, -0.2) is 0 Å². The first-order valence-electron chi connectivity index (χ1n) is 26.0. The third-order valence-electron chi connectivity index (χ3n) is 15.3. The summed E-state index contributed by atoms with van der Waals surface area (Å²) < 4.78 is 7.01. The Morgan fingerprint density at radius 1 is 0.221 bits per heavy atom. The lowest BCUT2D eigenvalue weighted by molar-refractivity contribution is 0.669. The summed E-state index contributed by atoms with van der Waals surface area (Å²) in [7, 11) is 0. The van der Waals surface area contributed by atoms with Crippen molar-refractivity contribution in [1.29, 1.82) is 0 Å². The molecule has 0 saturated heterocycles. The number of pyridine rings is 4. The number of benzene rings is 10. The summed E-state index contributed by atoms with van der Waals surface area (Å²) in [4.78, 5) is 18.0. The van der Waals surface area contributed by atoms with Crippen molar-refractivity contribution in [3.63, 3.8) is 0 Å². The van der Waals surface area contributed by atoms with Crippen molar-refractivity contribution in [3.05, 3.63) is 268 Å². The van der Waals surface area contributed by atoms with Crippen LogP contribution < -0.4 is 0 Å². The number of fused-ring (bicyclic) bond motifs is 7. The molecule has 0 atom stereocenters. The highest BCUT2D eigenvalue weighted by atomic mass is 16.3. The lowest BCUT2D eigenvalue weighted by atomic mass is 9.83. The normalized spacial score (nSPS) is 11.6. The molecule has 0 aliphatic carbocycles. The molecular weight excluding hydrogens is 937 g/mol. The summed E-state index contributed by atoms with van der Waals surface area (Å²) in [6, 6.07) is 79.0. The molecule has 0 saturated carbocycles. The zero-order valence-corrected chi connectivity index (χ0v) is 41.6. The van der Waals surface area contributed by atoms with Gasteiger partial charge in [-0.3, -0.25) is 19.9 Å². The van der Waals surface area contributed by atoms with Gasteiger partial charge in [0, 0.05) is 82.6 Å². The SMILES string of the molecule is c1cncc(-c2cc(-c3cccnc3)cc(-c3c4ccccc4c(-c4ccc5c(c4)oc4cccc(-c6c7ccccc7c(-c7cc(-c8cccnc8)cc(-c8cccnc8)c7)c7ccccc67)c45)c4ccccc34)c2)c1. The molecule has 0 fully saturated rings. The maximum absolute atomic E-state index is 7.01. The molecule has 0 unspecified atom stereocenters. The van der Waals surface area contributed by atoms with Gasteiger partial charge in [0.2, 0.25) is 0 Å². The van der Waals surface area contributed by atoms with E-state index in [1.807, 2.05) is 73.8 Å². The number of aromatic nitrogens is 4. The van der Waals surface area contributed by atoms with E-state index >= 15 is 0 Å². The van der Waals surface area contributed by atoms with Crippen molar-refractivity contribution in [2.75, 3.05) is 0 Å². The zero-order valence-electron chi connectivity index (χ0n) is 41.6. The predicted molar refractivity (Wildman–Crippen MR) is 318 cm³/mol. The van der Waals surface area contributed by atoms with Crippen LogP contribution in [0.4, 0.5) is 0 Å². The van der Waals surface area contributed by atoms with Crippen molar-refractivity contribution >= 4 is 65.0 Å². The van der Waals surface area contributed by atoms with E-state index in [9.17, 15) is 0 Å². The van der Waals surface area contributed by atoms with Crippen LogP contribution in [-0.2, 0) is 0 Å². The minimum absolute atomic E-state index is 0.841. The van der Waals surface area contributed by atoms with E-state index in [0.717, 1.165) is 88.7 Å². The van der Waals surface area contributed by atoms with E-state index in [4.69, 9.17) is 4.42 Å². The van der Waals surface area contributed by atoms with Crippen molar-refractivity contribution < 1.29 is 4.42 Å². The van der Waals surface area contributed by atoms with Gasteiger partial charge in [-0.15, -0.1) is 0 Å². The molecule has 0 bridgehead atoms. The Kier molecular flexibility index (Phi) is 10.5. The number of hydrogen-bond acceptors (Lipinski definition) is 5. The molecule has 77 heavy (non-hydrogen) atoms. The number of nitrogens with zero attached hydrogens (tertiary/aromatic N) is 4. The van der Waals surface area contributed by atoms with Gasteiger partial charge in [0.25, 0.3) is 0 Å². The van der Waals surface area contributed by atoms with Gasteiger partial charge < -0.3 is 4.42 Å². The molecule has 0 radical (unpaired) electrons. The zero-order chi connectivity index (χ0) is 50.8. The predicted octanol–water partition coefficient (Wildman–Crippen LogP) is 19.1. The number of furan rings is 1. The number of hydrogen-bond donors (Lipinski definition) is 0. The van der Waals surface area contributed by atoms with E-state index in [1.54, 1.807) is 0 Å². The van der Waals surface area contributed by atoms with Crippen LogP contribution >= 0.6 is 0 Å². The molecule has 0 N–H and O–H groups in total. The van der Waals surface area contributed by atoms with Gasteiger partial charge in [-0.2, -0.15) is 0 Å². The molecule has 15 aromatic rings. The maximum atomic E-state index is 7.01. The van der Waals surface area contributed by atoms with Gasteiger partial charge in [0.15, 0.2) is 0 Å². The molecule has 0 spiro atoms. The molecule has 5 nitrogen and oxygen atoms in total. The van der Waals surface area contributed by atoms with E-state index < -0.39 is 0 Å². The minimum atomic E-state index is 0.841. The largest absolute Gasteiger partial charge is 0.456 e.